The van der Waals surface area contributed by atoms with Gasteiger partial charge in [-0.3, -0.25) is 14.7 Å². The van der Waals surface area contributed by atoms with Crippen molar-refractivity contribution in [3.05, 3.63) is 22.5 Å². The van der Waals surface area contributed by atoms with Gasteiger partial charge in [-0.2, -0.15) is 4.98 Å². The number of carbonyl (C=O) groups is 1. The van der Waals surface area contributed by atoms with E-state index in [1.54, 1.807) is 27.7 Å². The van der Waals surface area contributed by atoms with E-state index in [2.05, 4.69) is 10.3 Å². The minimum absolute atomic E-state index is 0.327. The number of halogens is 1. The van der Waals surface area contributed by atoms with E-state index >= 15 is 0 Å². The first-order chi connectivity index (χ1) is 11.7. The molecule has 0 aliphatic carbocycles. The Morgan fingerprint density at radius 2 is 2.12 bits per heavy atom. The molecule has 138 valence electrons. The van der Waals surface area contributed by atoms with Crippen LogP contribution < -0.4 is 11.0 Å². The van der Waals surface area contributed by atoms with E-state index in [0.29, 0.717) is 5.75 Å². The molecule has 1 aromatic rings. The first kappa shape index (κ1) is 18.3. The lowest BCUT2D eigenvalue weighted by Gasteiger charge is -2.24. The number of hydrogen-bond donors (Lipinski definition) is 1. The average molecular weight is 373 g/mol. The molecule has 1 aromatic heterocycles. The standard InChI is InChI=1S/C15H20FN3O5S/c1-5-25-14(21)18-11-8(16)6-19(13(20)17-11)12-10-9(7(2)22-12)23-15(3,4)24-10/h6-7,9-10,12H,5H2,1-4H3,(H,17,18,20,21)/t7-,9-,10-,12-/m1/s1. The lowest BCUT2D eigenvalue weighted by molar-refractivity contribution is -0.195. The van der Waals surface area contributed by atoms with E-state index in [9.17, 15) is 14.0 Å². The van der Waals surface area contributed by atoms with Gasteiger partial charge in [0.2, 0.25) is 0 Å². The van der Waals surface area contributed by atoms with Crippen LogP contribution in [0, 0.1) is 5.82 Å². The molecule has 2 aliphatic rings. The molecule has 0 unspecified atom stereocenters. The zero-order valence-corrected chi connectivity index (χ0v) is 15.1. The number of hydrogen-bond acceptors (Lipinski definition) is 7. The maximum atomic E-state index is 14.3. The van der Waals surface area contributed by atoms with Crippen LogP contribution in [0.25, 0.3) is 0 Å². The monoisotopic (exact) mass is 373 g/mol. The van der Waals surface area contributed by atoms with Crippen LogP contribution in [-0.4, -0.2) is 44.6 Å². The Kier molecular flexibility index (Phi) is 4.89. The van der Waals surface area contributed by atoms with E-state index in [1.165, 1.54) is 0 Å². The molecule has 8 nitrogen and oxygen atoms in total. The lowest BCUT2D eigenvalue weighted by atomic mass is 10.1. The zero-order valence-electron chi connectivity index (χ0n) is 14.3. The van der Waals surface area contributed by atoms with Crippen molar-refractivity contribution in [1.82, 2.24) is 9.55 Å². The Balaban J connectivity index is 1.87. The SMILES string of the molecule is CCSC(=O)Nc1nc(=O)n([C@@H]2O[C@H](C)[C@H]3OC(C)(C)O[C@H]32)cc1F. The molecular formula is C15H20FN3O5S. The second-order valence-corrected chi connectivity index (χ2v) is 7.51. The predicted octanol–water partition coefficient (Wildman–Crippen LogP) is 2.10. The van der Waals surface area contributed by atoms with Crippen molar-refractivity contribution >= 4 is 22.8 Å². The summed E-state index contributed by atoms with van der Waals surface area (Å²) < 4.78 is 32.6. The minimum Gasteiger partial charge on any atom is -0.349 e. The summed E-state index contributed by atoms with van der Waals surface area (Å²) in [6.45, 7) is 7.11. The fourth-order valence-corrected chi connectivity index (χ4v) is 3.41. The topological polar surface area (TPSA) is 91.7 Å². The third-order valence-corrected chi connectivity index (χ3v) is 4.59. The molecule has 10 heteroatoms. The molecule has 3 rings (SSSR count). The Bertz CT molecular complexity index is 740. The van der Waals surface area contributed by atoms with Crippen LogP contribution >= 0.6 is 11.8 Å². The number of carbonyl (C=O) groups excluding carboxylic acids is 1. The van der Waals surface area contributed by atoms with Gasteiger partial charge in [-0.25, -0.2) is 9.18 Å². The quantitative estimate of drug-likeness (QED) is 0.867. The lowest BCUT2D eigenvalue weighted by Crippen LogP contribution is -2.35. The summed E-state index contributed by atoms with van der Waals surface area (Å²) in [5, 5.41) is 1.79. The number of amides is 1. The number of ether oxygens (including phenoxy) is 3. The van der Waals surface area contributed by atoms with Crippen LogP contribution in [0.1, 0.15) is 33.9 Å². The van der Waals surface area contributed by atoms with Crippen LogP contribution in [-0.2, 0) is 14.2 Å². The minimum atomic E-state index is -0.856. The van der Waals surface area contributed by atoms with Crippen molar-refractivity contribution in [3.63, 3.8) is 0 Å². The summed E-state index contributed by atoms with van der Waals surface area (Å²) in [6.07, 6.45) is -1.14. The summed E-state index contributed by atoms with van der Waals surface area (Å²) in [5.41, 5.74) is -0.746. The highest BCUT2D eigenvalue weighted by atomic mass is 32.2. The Labute approximate surface area is 148 Å². The van der Waals surface area contributed by atoms with Gasteiger partial charge in [-0.1, -0.05) is 18.7 Å². The number of aromatic nitrogens is 2. The van der Waals surface area contributed by atoms with Crippen molar-refractivity contribution < 1.29 is 23.4 Å². The summed E-state index contributed by atoms with van der Waals surface area (Å²) in [4.78, 5) is 27.5. The third-order valence-electron chi connectivity index (χ3n) is 3.94. The number of rotatable bonds is 3. The second-order valence-electron chi connectivity index (χ2n) is 6.27. The molecular weight excluding hydrogens is 353 g/mol. The van der Waals surface area contributed by atoms with E-state index in [-0.39, 0.29) is 12.2 Å². The molecule has 2 fully saturated rings. The van der Waals surface area contributed by atoms with E-state index in [1.807, 2.05) is 0 Å². The molecule has 0 bridgehead atoms. The van der Waals surface area contributed by atoms with Gasteiger partial charge < -0.3 is 14.2 Å². The van der Waals surface area contributed by atoms with Gasteiger partial charge in [-0.05, 0) is 26.5 Å². The van der Waals surface area contributed by atoms with Gasteiger partial charge >= 0.3 is 5.69 Å². The number of nitrogens with one attached hydrogen (secondary N) is 1. The maximum absolute atomic E-state index is 14.3. The van der Waals surface area contributed by atoms with Crippen LogP contribution in [0.15, 0.2) is 11.0 Å². The van der Waals surface area contributed by atoms with Crippen LogP contribution in [0.5, 0.6) is 0 Å². The molecule has 1 amide bonds. The van der Waals surface area contributed by atoms with Crippen molar-refractivity contribution in [2.75, 3.05) is 11.1 Å². The zero-order chi connectivity index (χ0) is 18.4. The summed E-state index contributed by atoms with van der Waals surface area (Å²) in [5.74, 6) is -1.53. The third kappa shape index (κ3) is 3.57. The van der Waals surface area contributed by atoms with E-state index < -0.39 is 40.7 Å². The predicted molar refractivity (Wildman–Crippen MR) is 89.0 cm³/mol. The molecule has 0 aromatic carbocycles. The maximum Gasteiger partial charge on any atom is 0.351 e. The highest BCUT2D eigenvalue weighted by molar-refractivity contribution is 8.13. The van der Waals surface area contributed by atoms with E-state index in [4.69, 9.17) is 14.2 Å². The molecule has 2 saturated heterocycles. The molecule has 1 N–H and O–H groups in total. The second kappa shape index (κ2) is 6.67. The Hall–Kier alpha value is -1.49. The number of anilines is 1. The number of thioether (sulfide) groups is 1. The van der Waals surface area contributed by atoms with Gasteiger partial charge in [0.25, 0.3) is 5.24 Å². The van der Waals surface area contributed by atoms with Gasteiger partial charge in [0.15, 0.2) is 23.7 Å². The number of nitrogens with zero attached hydrogens (tertiary/aromatic N) is 2. The molecule has 2 aliphatic heterocycles. The first-order valence-corrected chi connectivity index (χ1v) is 8.94. The molecule has 0 spiro atoms. The highest BCUT2D eigenvalue weighted by Gasteiger charge is 2.54. The molecule has 25 heavy (non-hydrogen) atoms. The molecule has 0 radical (unpaired) electrons. The summed E-state index contributed by atoms with van der Waals surface area (Å²) >= 11 is 0.956. The van der Waals surface area contributed by atoms with Crippen molar-refractivity contribution in [2.45, 2.75) is 58.0 Å². The average Bonchev–Trinajstić information content (AvgIpc) is 2.97. The van der Waals surface area contributed by atoms with E-state index in [0.717, 1.165) is 22.5 Å². The summed E-state index contributed by atoms with van der Waals surface area (Å²) in [7, 11) is 0. The van der Waals surface area contributed by atoms with Gasteiger partial charge in [-0.15, -0.1) is 0 Å². The van der Waals surface area contributed by atoms with Gasteiger partial charge in [0, 0.05) is 0 Å². The fourth-order valence-electron chi connectivity index (χ4n) is 2.98. The molecule has 3 heterocycles. The fraction of sp³-hybridized carbons (Fsp3) is 0.667. The normalized spacial score (nSPS) is 30.3. The molecule has 4 atom stereocenters. The van der Waals surface area contributed by atoms with Crippen molar-refractivity contribution in [3.8, 4) is 0 Å². The van der Waals surface area contributed by atoms with Gasteiger partial charge in [0.05, 0.1) is 12.3 Å². The highest BCUT2D eigenvalue weighted by Crippen LogP contribution is 2.42. The van der Waals surface area contributed by atoms with Crippen molar-refractivity contribution in [2.24, 2.45) is 0 Å². The largest absolute Gasteiger partial charge is 0.351 e. The van der Waals surface area contributed by atoms with Crippen LogP contribution in [0.3, 0.4) is 0 Å². The Morgan fingerprint density at radius 1 is 1.44 bits per heavy atom. The number of fused-ring (bicyclic) bond motifs is 1. The van der Waals surface area contributed by atoms with Crippen LogP contribution in [0.4, 0.5) is 15.0 Å². The van der Waals surface area contributed by atoms with Gasteiger partial charge in [0.1, 0.15) is 12.2 Å². The summed E-state index contributed by atoms with van der Waals surface area (Å²) in [6, 6.07) is 0. The molecule has 0 saturated carbocycles. The smallest absolute Gasteiger partial charge is 0.349 e. The van der Waals surface area contributed by atoms with Crippen LogP contribution in [0.2, 0.25) is 0 Å². The Morgan fingerprint density at radius 3 is 2.80 bits per heavy atom. The first-order valence-electron chi connectivity index (χ1n) is 7.95. The van der Waals surface area contributed by atoms with Crippen molar-refractivity contribution in [1.29, 1.82) is 0 Å².